The van der Waals surface area contributed by atoms with Crippen LogP contribution in [-0.4, -0.2) is 37.3 Å². The van der Waals surface area contributed by atoms with Gasteiger partial charge in [0.2, 0.25) is 15.6 Å². The summed E-state index contributed by atoms with van der Waals surface area (Å²) >= 11 is 5.81. The molecule has 0 heterocycles. The topological polar surface area (TPSA) is 95.5 Å². The average Bonchev–Trinajstić information content (AvgIpc) is 2.37. The van der Waals surface area contributed by atoms with E-state index < -0.39 is 27.7 Å². The zero-order chi connectivity index (χ0) is 18.9. The van der Waals surface area contributed by atoms with Gasteiger partial charge in [0.15, 0.2) is 0 Å². The van der Waals surface area contributed by atoms with E-state index >= 15 is 0 Å². The van der Waals surface area contributed by atoms with Crippen molar-refractivity contribution in [2.45, 2.75) is 43.5 Å². The molecular weight excluding hydrogens is 373 g/mol. The molecule has 0 aliphatic rings. The molecule has 0 aromatic heterocycles. The van der Waals surface area contributed by atoms with Gasteiger partial charge in [-0.3, -0.25) is 4.79 Å². The molecule has 11 heteroatoms. The van der Waals surface area contributed by atoms with Crippen molar-refractivity contribution in [2.75, 3.05) is 5.32 Å². The van der Waals surface area contributed by atoms with Gasteiger partial charge in [-0.2, -0.15) is 13.2 Å². The van der Waals surface area contributed by atoms with E-state index in [0.29, 0.717) is 6.92 Å². The second-order valence-corrected chi connectivity index (χ2v) is 7.56. The van der Waals surface area contributed by atoms with Crippen molar-refractivity contribution in [3.05, 3.63) is 23.2 Å². The summed E-state index contributed by atoms with van der Waals surface area (Å²) in [7, 11) is -3.86. The summed E-state index contributed by atoms with van der Waals surface area (Å²) in [5.41, 5.74) is -3.89. The number of alkyl halides is 3. The van der Waals surface area contributed by atoms with Gasteiger partial charge >= 0.3 is 6.18 Å². The molecule has 0 aliphatic heterocycles. The second-order valence-electron chi connectivity index (χ2n) is 5.44. The van der Waals surface area contributed by atoms with Gasteiger partial charge in [0.1, 0.15) is 0 Å². The molecule has 0 saturated heterocycles. The molecule has 3 N–H and O–H groups in total. The highest BCUT2D eigenvalue weighted by Gasteiger charge is 2.55. The Morgan fingerprint density at radius 3 is 2.25 bits per heavy atom. The van der Waals surface area contributed by atoms with Crippen LogP contribution in [0.25, 0.3) is 0 Å². The number of hydrogen-bond donors (Lipinski definition) is 3. The highest BCUT2D eigenvalue weighted by Crippen LogP contribution is 2.32. The third-order valence-electron chi connectivity index (χ3n) is 2.88. The van der Waals surface area contributed by atoms with E-state index in [2.05, 4.69) is 4.72 Å². The molecule has 1 rings (SSSR count). The van der Waals surface area contributed by atoms with E-state index in [4.69, 9.17) is 11.6 Å². The minimum atomic E-state index is -5.19. The van der Waals surface area contributed by atoms with Crippen molar-refractivity contribution < 1.29 is 31.5 Å². The molecular formula is C13H16ClF3N2O4S. The Morgan fingerprint density at radius 2 is 1.83 bits per heavy atom. The molecule has 0 saturated carbocycles. The first kappa shape index (κ1) is 20.7. The normalized spacial score (nSPS) is 15.2. The van der Waals surface area contributed by atoms with E-state index in [1.807, 2.05) is 5.32 Å². The number of hydrogen-bond acceptors (Lipinski definition) is 4. The molecule has 0 bridgehead atoms. The van der Waals surface area contributed by atoms with Gasteiger partial charge in [-0.1, -0.05) is 11.6 Å². The van der Waals surface area contributed by atoms with E-state index in [1.165, 1.54) is 0 Å². The van der Waals surface area contributed by atoms with E-state index in [-0.39, 0.29) is 21.6 Å². The largest absolute Gasteiger partial charge is 0.426 e. The number of carbonyl (C=O) groups is 1. The molecule has 24 heavy (non-hydrogen) atoms. The first-order valence-corrected chi connectivity index (χ1v) is 8.47. The number of anilines is 1. The lowest BCUT2D eigenvalue weighted by Gasteiger charge is -2.25. The van der Waals surface area contributed by atoms with Crippen LogP contribution in [-0.2, 0) is 14.8 Å². The maximum Gasteiger partial charge on any atom is 0.426 e. The molecule has 0 aliphatic carbocycles. The Labute approximate surface area is 142 Å². The third kappa shape index (κ3) is 4.59. The van der Waals surface area contributed by atoms with Crippen molar-refractivity contribution in [2.24, 2.45) is 0 Å². The lowest BCUT2D eigenvalue weighted by atomic mass is 10.1. The van der Waals surface area contributed by atoms with Crippen LogP contribution in [0.1, 0.15) is 20.8 Å². The van der Waals surface area contributed by atoms with E-state index in [0.717, 1.165) is 18.2 Å². The predicted octanol–water partition coefficient (Wildman–Crippen LogP) is 2.28. The lowest BCUT2D eigenvalue weighted by molar-refractivity contribution is -0.242. The smallest absolute Gasteiger partial charge is 0.373 e. The molecule has 136 valence electrons. The number of aliphatic hydroxyl groups is 1. The van der Waals surface area contributed by atoms with Gasteiger partial charge in [-0.05, 0) is 39.0 Å². The van der Waals surface area contributed by atoms with Gasteiger partial charge < -0.3 is 10.4 Å². The Bertz CT molecular complexity index is 733. The predicted molar refractivity (Wildman–Crippen MR) is 82.2 cm³/mol. The minimum absolute atomic E-state index is 0.221. The number of amides is 1. The number of rotatable bonds is 5. The Balaban J connectivity index is 3.08. The van der Waals surface area contributed by atoms with E-state index in [1.54, 1.807) is 13.8 Å². The molecule has 1 amide bonds. The Morgan fingerprint density at radius 1 is 1.29 bits per heavy atom. The van der Waals surface area contributed by atoms with Gasteiger partial charge in [0.05, 0.1) is 15.6 Å². The second kappa shape index (κ2) is 6.87. The molecule has 6 nitrogen and oxygen atoms in total. The summed E-state index contributed by atoms with van der Waals surface area (Å²) in [4.78, 5) is 11.4. The molecule has 0 spiro atoms. The summed E-state index contributed by atoms with van der Waals surface area (Å²) in [6.45, 7) is 3.50. The monoisotopic (exact) mass is 388 g/mol. The zero-order valence-corrected chi connectivity index (χ0v) is 14.5. The summed E-state index contributed by atoms with van der Waals surface area (Å²) in [6.07, 6.45) is -5.19. The lowest BCUT2D eigenvalue weighted by Crippen LogP contribution is -2.52. The third-order valence-corrected chi connectivity index (χ3v) is 4.85. The van der Waals surface area contributed by atoms with Crippen LogP contribution >= 0.6 is 11.6 Å². The fourth-order valence-electron chi connectivity index (χ4n) is 1.52. The van der Waals surface area contributed by atoms with Crippen molar-refractivity contribution >= 4 is 33.2 Å². The van der Waals surface area contributed by atoms with Crippen LogP contribution in [0.3, 0.4) is 0 Å². The summed E-state index contributed by atoms with van der Waals surface area (Å²) in [5.74, 6) is -1.74. The fourth-order valence-corrected chi connectivity index (χ4v) is 3.08. The molecule has 1 aromatic rings. The van der Waals surface area contributed by atoms with Gasteiger partial charge in [-0.25, -0.2) is 13.1 Å². The number of nitrogens with one attached hydrogen (secondary N) is 2. The molecule has 1 aromatic carbocycles. The van der Waals surface area contributed by atoms with Gasteiger partial charge in [0, 0.05) is 6.04 Å². The fraction of sp³-hybridized carbons (Fsp3) is 0.462. The Hall–Kier alpha value is -1.36. The van der Waals surface area contributed by atoms with Gasteiger partial charge in [0.25, 0.3) is 5.91 Å². The number of carbonyl (C=O) groups excluding carboxylic acids is 1. The van der Waals surface area contributed by atoms with Crippen LogP contribution in [0.2, 0.25) is 5.02 Å². The van der Waals surface area contributed by atoms with Crippen LogP contribution in [0, 0.1) is 0 Å². The van der Waals surface area contributed by atoms with Crippen molar-refractivity contribution in [1.29, 1.82) is 0 Å². The van der Waals surface area contributed by atoms with Crippen molar-refractivity contribution in [3.63, 3.8) is 0 Å². The average molecular weight is 389 g/mol. The highest BCUT2D eigenvalue weighted by atomic mass is 35.5. The van der Waals surface area contributed by atoms with Gasteiger partial charge in [-0.15, -0.1) is 0 Å². The summed E-state index contributed by atoms with van der Waals surface area (Å²) in [5, 5.41) is 10.8. The van der Waals surface area contributed by atoms with Crippen LogP contribution in [0.15, 0.2) is 23.1 Å². The number of benzene rings is 1. The molecule has 1 atom stereocenters. The minimum Gasteiger partial charge on any atom is -0.373 e. The van der Waals surface area contributed by atoms with Crippen molar-refractivity contribution in [3.8, 4) is 0 Å². The van der Waals surface area contributed by atoms with Crippen LogP contribution < -0.4 is 10.0 Å². The highest BCUT2D eigenvalue weighted by molar-refractivity contribution is 7.89. The summed E-state index contributed by atoms with van der Waals surface area (Å²) < 4.78 is 64.0. The molecule has 0 fully saturated rings. The SMILES string of the molecule is CC(C)NS(=O)(=O)c1ccc(NC(=O)[C@@](C)(O)C(F)(F)F)c(Cl)c1. The van der Waals surface area contributed by atoms with E-state index in [9.17, 15) is 31.5 Å². The number of halogens is 4. The van der Waals surface area contributed by atoms with Crippen LogP contribution in [0.4, 0.5) is 18.9 Å². The maximum absolute atomic E-state index is 12.6. The standard InChI is InChI=1S/C13H16ClF3N2O4S/c1-7(2)19-24(22,23)8-4-5-10(9(14)6-8)18-11(20)12(3,21)13(15,16)17/h4-7,19,21H,1-3H3,(H,18,20)/t12-/m1/s1. The quantitative estimate of drug-likeness (QED) is 0.721. The Kier molecular flexibility index (Phi) is 5.92. The zero-order valence-electron chi connectivity index (χ0n) is 12.9. The summed E-state index contributed by atoms with van der Waals surface area (Å²) in [6, 6.07) is 2.69. The maximum atomic E-state index is 12.6. The number of sulfonamides is 1. The van der Waals surface area contributed by atoms with Crippen molar-refractivity contribution in [1.82, 2.24) is 4.72 Å². The first-order chi connectivity index (χ1) is 10.7. The first-order valence-electron chi connectivity index (χ1n) is 6.61. The molecule has 0 radical (unpaired) electrons. The molecule has 0 unspecified atom stereocenters. The van der Waals surface area contributed by atoms with Crippen LogP contribution in [0.5, 0.6) is 0 Å².